The van der Waals surface area contributed by atoms with Crippen LogP contribution in [0.3, 0.4) is 0 Å². The second-order valence-corrected chi connectivity index (χ2v) is 3.05. The van der Waals surface area contributed by atoms with Gasteiger partial charge in [-0.1, -0.05) is 12.2 Å². The highest BCUT2D eigenvalue weighted by atomic mass is 16.5. The fourth-order valence-electron chi connectivity index (χ4n) is 0.801. The van der Waals surface area contributed by atoms with Crippen LogP contribution in [-0.4, -0.2) is 25.2 Å². The SMILES string of the molecule is COC(=O)[C@@H](N)C/C=C/C[C@@H](C)N. The molecule has 2 atom stereocenters. The summed E-state index contributed by atoms with van der Waals surface area (Å²) in [5.41, 5.74) is 11.0. The van der Waals surface area contributed by atoms with Gasteiger partial charge in [0.2, 0.25) is 0 Å². The lowest BCUT2D eigenvalue weighted by Gasteiger charge is -2.05. The van der Waals surface area contributed by atoms with Gasteiger partial charge in [0.1, 0.15) is 6.04 Å². The van der Waals surface area contributed by atoms with Crippen LogP contribution in [0.2, 0.25) is 0 Å². The Balaban J connectivity index is 3.63. The Morgan fingerprint density at radius 3 is 2.38 bits per heavy atom. The van der Waals surface area contributed by atoms with Crippen molar-refractivity contribution < 1.29 is 9.53 Å². The number of hydrogen-bond acceptors (Lipinski definition) is 4. The van der Waals surface area contributed by atoms with Gasteiger partial charge >= 0.3 is 5.97 Å². The Hall–Kier alpha value is -0.870. The molecule has 0 fully saturated rings. The van der Waals surface area contributed by atoms with Crippen molar-refractivity contribution in [1.82, 2.24) is 0 Å². The summed E-state index contributed by atoms with van der Waals surface area (Å²) in [5.74, 6) is -0.384. The van der Waals surface area contributed by atoms with Crippen molar-refractivity contribution in [2.75, 3.05) is 7.11 Å². The van der Waals surface area contributed by atoms with Crippen molar-refractivity contribution in [3.63, 3.8) is 0 Å². The minimum Gasteiger partial charge on any atom is -0.468 e. The first kappa shape index (κ1) is 12.1. The van der Waals surface area contributed by atoms with E-state index in [0.717, 1.165) is 6.42 Å². The van der Waals surface area contributed by atoms with E-state index in [2.05, 4.69) is 4.74 Å². The van der Waals surface area contributed by atoms with Crippen LogP contribution in [0.1, 0.15) is 19.8 Å². The van der Waals surface area contributed by atoms with Crippen LogP contribution in [0.25, 0.3) is 0 Å². The maximum atomic E-state index is 10.8. The van der Waals surface area contributed by atoms with Gasteiger partial charge in [-0.3, -0.25) is 4.79 Å². The topological polar surface area (TPSA) is 78.3 Å². The average molecular weight is 186 g/mol. The molecule has 0 aromatic heterocycles. The molecule has 0 radical (unpaired) electrons. The molecule has 13 heavy (non-hydrogen) atoms. The summed E-state index contributed by atoms with van der Waals surface area (Å²) in [5, 5.41) is 0. The summed E-state index contributed by atoms with van der Waals surface area (Å²) in [6, 6.07) is -0.417. The van der Waals surface area contributed by atoms with E-state index in [1.807, 2.05) is 19.1 Å². The maximum absolute atomic E-state index is 10.8. The van der Waals surface area contributed by atoms with Gasteiger partial charge in [-0.15, -0.1) is 0 Å². The Labute approximate surface area is 78.9 Å². The Kier molecular flexibility index (Phi) is 6.18. The Morgan fingerprint density at radius 2 is 1.92 bits per heavy atom. The van der Waals surface area contributed by atoms with Crippen LogP contribution < -0.4 is 11.5 Å². The zero-order valence-electron chi connectivity index (χ0n) is 8.19. The Morgan fingerprint density at radius 1 is 1.38 bits per heavy atom. The molecule has 4 N–H and O–H groups in total. The number of rotatable bonds is 5. The van der Waals surface area contributed by atoms with E-state index in [0.29, 0.717) is 6.42 Å². The largest absolute Gasteiger partial charge is 0.468 e. The standard InChI is InChI=1S/C9H18N2O2/c1-7(10)5-3-4-6-8(11)9(12)13-2/h3-4,7-8H,5-6,10-11H2,1-2H3/b4-3+/t7-,8+/m1/s1. The van der Waals surface area contributed by atoms with E-state index >= 15 is 0 Å². The van der Waals surface area contributed by atoms with E-state index in [1.165, 1.54) is 7.11 Å². The van der Waals surface area contributed by atoms with Crippen LogP contribution in [0, 0.1) is 0 Å². The summed E-state index contributed by atoms with van der Waals surface area (Å²) in [6.45, 7) is 1.92. The first-order valence-corrected chi connectivity index (χ1v) is 4.32. The molecule has 0 unspecified atom stereocenters. The molecule has 0 rings (SSSR count). The van der Waals surface area contributed by atoms with Crippen molar-refractivity contribution >= 4 is 5.97 Å². The summed E-state index contributed by atoms with van der Waals surface area (Å²) >= 11 is 0. The van der Waals surface area contributed by atoms with E-state index in [1.54, 1.807) is 0 Å². The third-order valence-electron chi connectivity index (χ3n) is 1.57. The highest BCUT2D eigenvalue weighted by Gasteiger charge is 2.10. The second-order valence-electron chi connectivity index (χ2n) is 3.05. The predicted octanol–water partition coefficient (Wildman–Crippen LogP) is 0.170. The third kappa shape index (κ3) is 6.31. The molecule has 0 aromatic carbocycles. The van der Waals surface area contributed by atoms with Gasteiger partial charge in [-0.05, 0) is 19.8 Å². The van der Waals surface area contributed by atoms with Crippen molar-refractivity contribution in [3.8, 4) is 0 Å². The molecule has 0 aliphatic heterocycles. The van der Waals surface area contributed by atoms with E-state index < -0.39 is 6.04 Å². The predicted molar refractivity (Wildman–Crippen MR) is 52.0 cm³/mol. The summed E-state index contributed by atoms with van der Waals surface area (Å²) < 4.78 is 4.47. The molecule has 0 saturated heterocycles. The lowest BCUT2D eigenvalue weighted by molar-refractivity contribution is -0.142. The fraction of sp³-hybridized carbons (Fsp3) is 0.667. The lowest BCUT2D eigenvalue weighted by Crippen LogP contribution is -2.30. The monoisotopic (exact) mass is 186 g/mol. The molecule has 0 amide bonds. The first-order valence-electron chi connectivity index (χ1n) is 4.32. The molecule has 0 saturated carbocycles. The number of nitrogens with two attached hydrogens (primary N) is 2. The molecular formula is C9H18N2O2. The molecular weight excluding hydrogens is 168 g/mol. The van der Waals surface area contributed by atoms with Crippen LogP contribution in [0.5, 0.6) is 0 Å². The van der Waals surface area contributed by atoms with Crippen LogP contribution in [0.15, 0.2) is 12.2 Å². The zero-order valence-corrected chi connectivity index (χ0v) is 8.19. The van der Waals surface area contributed by atoms with Gasteiger partial charge in [0.05, 0.1) is 7.11 Å². The van der Waals surface area contributed by atoms with Gasteiger partial charge in [0.15, 0.2) is 0 Å². The van der Waals surface area contributed by atoms with Crippen LogP contribution in [-0.2, 0) is 9.53 Å². The molecule has 0 aliphatic carbocycles. The molecule has 0 aliphatic rings. The van der Waals surface area contributed by atoms with E-state index in [4.69, 9.17) is 11.5 Å². The van der Waals surface area contributed by atoms with Gasteiger partial charge in [0, 0.05) is 6.04 Å². The number of carbonyl (C=O) groups is 1. The molecule has 0 heterocycles. The second kappa shape index (κ2) is 6.62. The third-order valence-corrected chi connectivity index (χ3v) is 1.57. The van der Waals surface area contributed by atoms with Crippen LogP contribution >= 0.6 is 0 Å². The molecule has 0 spiro atoms. The van der Waals surface area contributed by atoms with Crippen LogP contribution in [0.4, 0.5) is 0 Å². The summed E-state index contributed by atoms with van der Waals surface area (Å²) in [4.78, 5) is 10.8. The van der Waals surface area contributed by atoms with Gasteiger partial charge in [0.25, 0.3) is 0 Å². The number of ether oxygens (including phenoxy) is 1. The lowest BCUT2D eigenvalue weighted by atomic mass is 10.2. The summed E-state index contributed by atoms with van der Waals surface area (Å²) in [7, 11) is 1.33. The minimum atomic E-state index is -0.561. The number of esters is 1. The molecule has 0 aromatic rings. The Bertz CT molecular complexity index is 178. The highest BCUT2D eigenvalue weighted by Crippen LogP contribution is 1.95. The van der Waals surface area contributed by atoms with Gasteiger partial charge in [-0.25, -0.2) is 0 Å². The molecule has 76 valence electrons. The zero-order chi connectivity index (χ0) is 10.3. The molecule has 0 bridgehead atoms. The van der Waals surface area contributed by atoms with Crippen molar-refractivity contribution in [1.29, 1.82) is 0 Å². The van der Waals surface area contributed by atoms with Gasteiger partial charge in [-0.2, -0.15) is 0 Å². The highest BCUT2D eigenvalue weighted by molar-refractivity contribution is 5.75. The quantitative estimate of drug-likeness (QED) is 0.474. The fourth-order valence-corrected chi connectivity index (χ4v) is 0.801. The maximum Gasteiger partial charge on any atom is 0.322 e. The van der Waals surface area contributed by atoms with Crippen molar-refractivity contribution in [2.24, 2.45) is 11.5 Å². The molecule has 4 nitrogen and oxygen atoms in total. The average Bonchev–Trinajstić information content (AvgIpc) is 2.10. The van der Waals surface area contributed by atoms with Crippen molar-refractivity contribution in [3.05, 3.63) is 12.2 Å². The normalized spacial score (nSPS) is 15.7. The first-order chi connectivity index (χ1) is 6.07. The molecule has 4 heteroatoms. The van der Waals surface area contributed by atoms with E-state index in [9.17, 15) is 4.79 Å². The summed E-state index contributed by atoms with van der Waals surface area (Å²) in [6.07, 6.45) is 5.08. The smallest absolute Gasteiger partial charge is 0.322 e. The van der Waals surface area contributed by atoms with E-state index in [-0.39, 0.29) is 12.0 Å². The number of methoxy groups -OCH3 is 1. The number of carbonyl (C=O) groups excluding carboxylic acids is 1. The minimum absolute atomic E-state index is 0.144. The number of hydrogen-bond donors (Lipinski definition) is 2. The van der Waals surface area contributed by atoms with Gasteiger partial charge < -0.3 is 16.2 Å². The van der Waals surface area contributed by atoms with Crippen molar-refractivity contribution in [2.45, 2.75) is 31.8 Å².